The fourth-order valence-corrected chi connectivity index (χ4v) is 3.17. The van der Waals surface area contributed by atoms with E-state index in [0.29, 0.717) is 25.3 Å². The quantitative estimate of drug-likeness (QED) is 0.703. The van der Waals surface area contributed by atoms with Gasteiger partial charge in [-0.15, -0.1) is 0 Å². The van der Waals surface area contributed by atoms with Gasteiger partial charge in [-0.25, -0.2) is 0 Å². The monoisotopic (exact) mass is 281 g/mol. The normalized spacial score (nSPS) is 23.9. The van der Waals surface area contributed by atoms with Crippen molar-refractivity contribution >= 4 is 11.8 Å². The van der Waals surface area contributed by atoms with Gasteiger partial charge in [0, 0.05) is 32.5 Å². The van der Waals surface area contributed by atoms with Crippen LogP contribution >= 0.6 is 0 Å². The Labute approximate surface area is 121 Å². The molecule has 2 fully saturated rings. The Hall–Kier alpha value is -0.940. The highest BCUT2D eigenvalue weighted by Crippen LogP contribution is 2.14. The summed E-state index contributed by atoms with van der Waals surface area (Å²) in [5, 5.41) is 3.45. The van der Waals surface area contributed by atoms with E-state index in [2.05, 4.69) is 17.1 Å². The first-order valence-electron chi connectivity index (χ1n) is 7.97. The van der Waals surface area contributed by atoms with Crippen LogP contribution < -0.4 is 5.32 Å². The van der Waals surface area contributed by atoms with Crippen LogP contribution in [-0.4, -0.2) is 60.9 Å². The molecule has 2 heterocycles. The highest BCUT2D eigenvalue weighted by Gasteiger charge is 2.29. The first-order valence-corrected chi connectivity index (χ1v) is 7.97. The largest absolute Gasteiger partial charge is 0.316 e. The van der Waals surface area contributed by atoms with E-state index in [-0.39, 0.29) is 11.8 Å². The predicted molar refractivity (Wildman–Crippen MR) is 78.3 cm³/mol. The Bertz CT molecular complexity index is 324. The lowest BCUT2D eigenvalue weighted by molar-refractivity contribution is -0.138. The molecular weight excluding hydrogens is 254 g/mol. The molecule has 114 valence electrons. The topological polar surface area (TPSA) is 52.7 Å². The van der Waals surface area contributed by atoms with Gasteiger partial charge in [0.15, 0.2) is 0 Å². The Balaban J connectivity index is 1.79. The second-order valence-electron chi connectivity index (χ2n) is 5.95. The van der Waals surface area contributed by atoms with Gasteiger partial charge in [0.2, 0.25) is 11.8 Å². The van der Waals surface area contributed by atoms with E-state index in [1.165, 1.54) is 17.7 Å². The van der Waals surface area contributed by atoms with E-state index in [0.717, 1.165) is 39.1 Å². The number of hydrogen-bond donors (Lipinski definition) is 1. The molecule has 0 aromatic rings. The molecule has 0 aliphatic carbocycles. The van der Waals surface area contributed by atoms with Crippen molar-refractivity contribution in [2.24, 2.45) is 5.92 Å². The molecule has 0 aromatic heterocycles. The number of amides is 2. The van der Waals surface area contributed by atoms with Gasteiger partial charge in [-0.1, -0.05) is 6.92 Å². The lowest BCUT2D eigenvalue weighted by Crippen LogP contribution is -2.42. The summed E-state index contributed by atoms with van der Waals surface area (Å²) in [6.45, 7) is 7.94. The second-order valence-corrected chi connectivity index (χ2v) is 5.95. The minimum absolute atomic E-state index is 0.00535. The maximum atomic E-state index is 11.6. The van der Waals surface area contributed by atoms with Gasteiger partial charge in [0.1, 0.15) is 0 Å². The van der Waals surface area contributed by atoms with Crippen molar-refractivity contribution in [2.75, 3.05) is 39.3 Å². The number of rotatable bonds is 7. The molecule has 1 unspecified atom stereocenters. The van der Waals surface area contributed by atoms with Gasteiger partial charge in [-0.2, -0.15) is 0 Å². The van der Waals surface area contributed by atoms with Gasteiger partial charge in [0.25, 0.3) is 0 Å². The average Bonchev–Trinajstić information content (AvgIpc) is 2.77. The molecule has 2 rings (SSSR count). The molecule has 0 bridgehead atoms. The standard InChI is InChI=1S/C15H27N3O2/c1-2-8-17(12-13-4-3-7-16-11-13)9-10-18-14(19)5-6-15(18)20/h13,16H,2-12H2,1H3. The Kier molecular flexibility index (Phi) is 5.98. The van der Waals surface area contributed by atoms with Crippen molar-refractivity contribution in [1.29, 1.82) is 0 Å². The third-order valence-corrected chi connectivity index (χ3v) is 4.25. The van der Waals surface area contributed by atoms with Gasteiger partial charge < -0.3 is 10.2 Å². The SMILES string of the molecule is CCCN(CCN1C(=O)CCC1=O)CC1CCCNC1. The zero-order valence-electron chi connectivity index (χ0n) is 12.6. The molecule has 1 atom stereocenters. The van der Waals surface area contributed by atoms with Crippen LogP contribution in [0.3, 0.4) is 0 Å². The van der Waals surface area contributed by atoms with E-state index < -0.39 is 0 Å². The lowest BCUT2D eigenvalue weighted by atomic mass is 9.99. The number of hydrogen-bond acceptors (Lipinski definition) is 4. The molecule has 0 radical (unpaired) electrons. The number of nitrogens with one attached hydrogen (secondary N) is 1. The third-order valence-electron chi connectivity index (χ3n) is 4.25. The Morgan fingerprint density at radius 1 is 1.25 bits per heavy atom. The fourth-order valence-electron chi connectivity index (χ4n) is 3.17. The summed E-state index contributed by atoms with van der Waals surface area (Å²) in [5.74, 6) is 0.719. The molecule has 5 nitrogen and oxygen atoms in total. The minimum atomic E-state index is 0.00535. The maximum absolute atomic E-state index is 11.6. The minimum Gasteiger partial charge on any atom is -0.316 e. The predicted octanol–water partition coefficient (Wildman–Crippen LogP) is 0.847. The zero-order chi connectivity index (χ0) is 14.4. The Morgan fingerprint density at radius 3 is 2.60 bits per heavy atom. The smallest absolute Gasteiger partial charge is 0.229 e. The van der Waals surface area contributed by atoms with Crippen LogP contribution in [0.2, 0.25) is 0 Å². The molecule has 0 saturated carbocycles. The molecule has 2 amide bonds. The zero-order valence-corrected chi connectivity index (χ0v) is 12.6. The van der Waals surface area contributed by atoms with E-state index in [1.807, 2.05) is 0 Å². The van der Waals surface area contributed by atoms with Crippen LogP contribution in [0.4, 0.5) is 0 Å². The van der Waals surface area contributed by atoms with Crippen molar-refractivity contribution in [3.63, 3.8) is 0 Å². The molecule has 20 heavy (non-hydrogen) atoms. The summed E-state index contributed by atoms with van der Waals surface area (Å²) in [4.78, 5) is 27.1. The maximum Gasteiger partial charge on any atom is 0.229 e. The summed E-state index contributed by atoms with van der Waals surface area (Å²) in [6.07, 6.45) is 4.46. The third kappa shape index (κ3) is 4.28. The summed E-state index contributed by atoms with van der Waals surface area (Å²) < 4.78 is 0. The van der Waals surface area contributed by atoms with Crippen molar-refractivity contribution in [3.8, 4) is 0 Å². The fraction of sp³-hybridized carbons (Fsp3) is 0.867. The van der Waals surface area contributed by atoms with Gasteiger partial charge >= 0.3 is 0 Å². The molecule has 2 saturated heterocycles. The highest BCUT2D eigenvalue weighted by molar-refractivity contribution is 6.01. The number of carbonyl (C=O) groups excluding carboxylic acids is 2. The number of likely N-dealkylation sites (tertiary alicyclic amines) is 1. The van der Waals surface area contributed by atoms with Crippen LogP contribution in [0.15, 0.2) is 0 Å². The number of carbonyl (C=O) groups is 2. The van der Waals surface area contributed by atoms with Crippen LogP contribution in [0.5, 0.6) is 0 Å². The van der Waals surface area contributed by atoms with Crippen molar-refractivity contribution in [1.82, 2.24) is 15.1 Å². The van der Waals surface area contributed by atoms with E-state index >= 15 is 0 Å². The van der Waals surface area contributed by atoms with Crippen LogP contribution in [0.25, 0.3) is 0 Å². The number of piperidine rings is 1. The van der Waals surface area contributed by atoms with Crippen molar-refractivity contribution in [3.05, 3.63) is 0 Å². The highest BCUT2D eigenvalue weighted by atomic mass is 16.2. The summed E-state index contributed by atoms with van der Waals surface area (Å²) in [7, 11) is 0. The summed E-state index contributed by atoms with van der Waals surface area (Å²) in [5.41, 5.74) is 0. The van der Waals surface area contributed by atoms with Crippen molar-refractivity contribution < 1.29 is 9.59 Å². The Morgan fingerprint density at radius 2 is 2.00 bits per heavy atom. The van der Waals surface area contributed by atoms with E-state index in [4.69, 9.17) is 0 Å². The lowest BCUT2D eigenvalue weighted by Gasteiger charge is -2.30. The van der Waals surface area contributed by atoms with Crippen LogP contribution in [-0.2, 0) is 9.59 Å². The van der Waals surface area contributed by atoms with Crippen molar-refractivity contribution in [2.45, 2.75) is 39.0 Å². The first kappa shape index (κ1) is 15.4. The van der Waals surface area contributed by atoms with E-state index in [1.54, 1.807) is 0 Å². The molecule has 0 spiro atoms. The average molecular weight is 281 g/mol. The van der Waals surface area contributed by atoms with Crippen LogP contribution in [0, 0.1) is 5.92 Å². The molecule has 1 N–H and O–H groups in total. The molecule has 5 heteroatoms. The molecule has 2 aliphatic rings. The van der Waals surface area contributed by atoms with Gasteiger partial charge in [0.05, 0.1) is 0 Å². The van der Waals surface area contributed by atoms with E-state index in [9.17, 15) is 9.59 Å². The summed E-state index contributed by atoms with van der Waals surface area (Å²) >= 11 is 0. The molecule has 2 aliphatic heterocycles. The van der Waals surface area contributed by atoms with Gasteiger partial charge in [-0.05, 0) is 44.8 Å². The second kappa shape index (κ2) is 7.74. The molecular formula is C15H27N3O2. The first-order chi connectivity index (χ1) is 9.70. The number of imide groups is 1. The van der Waals surface area contributed by atoms with Crippen LogP contribution in [0.1, 0.15) is 39.0 Å². The molecule has 0 aromatic carbocycles. The van der Waals surface area contributed by atoms with Gasteiger partial charge in [-0.3, -0.25) is 14.5 Å². The number of nitrogens with zero attached hydrogens (tertiary/aromatic N) is 2. The summed E-state index contributed by atoms with van der Waals surface area (Å²) in [6, 6.07) is 0.